The van der Waals surface area contributed by atoms with E-state index in [0.29, 0.717) is 17.3 Å². The van der Waals surface area contributed by atoms with Gasteiger partial charge in [0.05, 0.1) is 5.75 Å². The first kappa shape index (κ1) is 14.3. The maximum absolute atomic E-state index is 11.3. The SMILES string of the molecule is Cc1cnc(Nc2cccc(CS(C)(=O)=O)c2)nc1N. The number of rotatable bonds is 4. The monoisotopic (exact) mass is 292 g/mol. The lowest BCUT2D eigenvalue weighted by Crippen LogP contribution is -2.03. The number of nitrogens with zero attached hydrogens (tertiary/aromatic N) is 2. The van der Waals surface area contributed by atoms with Crippen LogP contribution in [0.15, 0.2) is 30.5 Å². The van der Waals surface area contributed by atoms with Crippen LogP contribution in [0.2, 0.25) is 0 Å². The molecule has 1 aromatic carbocycles. The van der Waals surface area contributed by atoms with Gasteiger partial charge in [-0.15, -0.1) is 0 Å². The van der Waals surface area contributed by atoms with Gasteiger partial charge in [-0.3, -0.25) is 0 Å². The summed E-state index contributed by atoms with van der Waals surface area (Å²) >= 11 is 0. The van der Waals surface area contributed by atoms with Crippen molar-refractivity contribution in [1.82, 2.24) is 9.97 Å². The molecule has 0 spiro atoms. The quantitative estimate of drug-likeness (QED) is 0.889. The van der Waals surface area contributed by atoms with E-state index in [-0.39, 0.29) is 5.75 Å². The third kappa shape index (κ3) is 3.92. The van der Waals surface area contributed by atoms with Crippen LogP contribution >= 0.6 is 0 Å². The number of nitrogens with one attached hydrogen (secondary N) is 1. The fourth-order valence-electron chi connectivity index (χ4n) is 1.69. The highest BCUT2D eigenvalue weighted by Crippen LogP contribution is 2.17. The lowest BCUT2D eigenvalue weighted by atomic mass is 10.2. The molecule has 0 bridgehead atoms. The number of nitrogens with two attached hydrogens (primary N) is 1. The van der Waals surface area contributed by atoms with Crippen LogP contribution in [0.1, 0.15) is 11.1 Å². The van der Waals surface area contributed by atoms with Crippen LogP contribution in [0.3, 0.4) is 0 Å². The molecule has 3 N–H and O–H groups in total. The Hall–Kier alpha value is -2.15. The topological polar surface area (TPSA) is 98.0 Å². The molecular formula is C13H16N4O2S. The van der Waals surface area contributed by atoms with Crippen molar-refractivity contribution < 1.29 is 8.42 Å². The fraction of sp³-hybridized carbons (Fsp3) is 0.231. The normalized spacial score (nSPS) is 11.3. The first-order valence-electron chi connectivity index (χ1n) is 5.96. The number of nitrogen functional groups attached to an aromatic ring is 1. The first-order chi connectivity index (χ1) is 9.33. The van der Waals surface area contributed by atoms with Gasteiger partial charge in [-0.2, -0.15) is 4.98 Å². The summed E-state index contributed by atoms with van der Waals surface area (Å²) in [5.74, 6) is 0.791. The molecule has 106 valence electrons. The zero-order valence-electron chi connectivity index (χ0n) is 11.3. The van der Waals surface area contributed by atoms with Crippen molar-refractivity contribution in [2.75, 3.05) is 17.3 Å². The number of hydrogen-bond acceptors (Lipinski definition) is 6. The summed E-state index contributed by atoms with van der Waals surface area (Å²) in [6.07, 6.45) is 2.84. The van der Waals surface area contributed by atoms with Crippen LogP contribution in [0.4, 0.5) is 17.5 Å². The predicted octanol–water partition coefficient (Wildman–Crippen LogP) is 1.66. The van der Waals surface area contributed by atoms with E-state index >= 15 is 0 Å². The van der Waals surface area contributed by atoms with Crippen molar-refractivity contribution in [3.63, 3.8) is 0 Å². The van der Waals surface area contributed by atoms with Crippen molar-refractivity contribution in [2.45, 2.75) is 12.7 Å². The van der Waals surface area contributed by atoms with Crippen LogP contribution in [0.25, 0.3) is 0 Å². The minimum absolute atomic E-state index is 0.000581. The summed E-state index contributed by atoms with van der Waals surface area (Å²) in [5.41, 5.74) is 7.95. The van der Waals surface area contributed by atoms with Gasteiger partial charge in [0.1, 0.15) is 5.82 Å². The van der Waals surface area contributed by atoms with E-state index in [1.54, 1.807) is 24.4 Å². The Labute approximate surface area is 118 Å². The Bertz CT molecular complexity index is 729. The summed E-state index contributed by atoms with van der Waals surface area (Å²) < 4.78 is 22.6. The second kappa shape index (κ2) is 5.46. The van der Waals surface area contributed by atoms with Gasteiger partial charge in [0, 0.05) is 23.7 Å². The van der Waals surface area contributed by atoms with Gasteiger partial charge in [-0.05, 0) is 24.6 Å². The molecule has 1 aromatic heterocycles. The fourth-order valence-corrected chi connectivity index (χ4v) is 2.47. The molecule has 0 fully saturated rings. The van der Waals surface area contributed by atoms with E-state index < -0.39 is 9.84 Å². The van der Waals surface area contributed by atoms with Gasteiger partial charge in [0.25, 0.3) is 0 Å². The van der Waals surface area contributed by atoms with Crippen LogP contribution < -0.4 is 11.1 Å². The average Bonchev–Trinajstić information content (AvgIpc) is 2.32. The van der Waals surface area contributed by atoms with Gasteiger partial charge in [0.2, 0.25) is 5.95 Å². The summed E-state index contributed by atoms with van der Waals surface area (Å²) in [6, 6.07) is 7.10. The highest BCUT2D eigenvalue weighted by molar-refractivity contribution is 7.89. The first-order valence-corrected chi connectivity index (χ1v) is 8.02. The van der Waals surface area contributed by atoms with Crippen molar-refractivity contribution in [2.24, 2.45) is 0 Å². The lowest BCUT2D eigenvalue weighted by molar-refractivity contribution is 0.601. The second-order valence-corrected chi connectivity index (χ2v) is 6.80. The molecule has 0 aliphatic rings. The molecule has 0 unspecified atom stereocenters. The lowest BCUT2D eigenvalue weighted by Gasteiger charge is -2.08. The number of anilines is 3. The molecule has 20 heavy (non-hydrogen) atoms. The number of benzene rings is 1. The van der Waals surface area contributed by atoms with Gasteiger partial charge in [0.15, 0.2) is 9.84 Å². The number of aryl methyl sites for hydroxylation is 1. The second-order valence-electron chi connectivity index (χ2n) is 4.66. The third-order valence-electron chi connectivity index (χ3n) is 2.62. The van der Waals surface area contributed by atoms with Crippen LogP contribution in [-0.2, 0) is 15.6 Å². The molecule has 2 aromatic rings. The van der Waals surface area contributed by atoms with Crippen LogP contribution in [-0.4, -0.2) is 24.6 Å². The molecule has 6 nitrogen and oxygen atoms in total. The van der Waals surface area contributed by atoms with E-state index in [4.69, 9.17) is 5.73 Å². The van der Waals surface area contributed by atoms with Crippen LogP contribution in [0.5, 0.6) is 0 Å². The minimum atomic E-state index is -3.06. The maximum Gasteiger partial charge on any atom is 0.229 e. The minimum Gasteiger partial charge on any atom is -0.383 e. The standard InChI is InChI=1S/C13H16N4O2S/c1-9-7-15-13(17-12(9)14)16-11-5-3-4-10(6-11)8-20(2,18)19/h3-7H,8H2,1-2H3,(H3,14,15,16,17). The molecule has 0 saturated heterocycles. The van der Waals surface area contributed by atoms with E-state index in [1.807, 2.05) is 13.0 Å². The molecule has 0 atom stereocenters. The molecular weight excluding hydrogens is 276 g/mol. The highest BCUT2D eigenvalue weighted by Gasteiger charge is 2.06. The van der Waals surface area contributed by atoms with E-state index in [1.165, 1.54) is 6.26 Å². The average molecular weight is 292 g/mol. The van der Waals surface area contributed by atoms with Gasteiger partial charge < -0.3 is 11.1 Å². The molecule has 7 heteroatoms. The molecule has 0 amide bonds. The number of sulfone groups is 1. The van der Waals surface area contributed by atoms with E-state index in [9.17, 15) is 8.42 Å². The molecule has 1 heterocycles. The van der Waals surface area contributed by atoms with Crippen molar-refractivity contribution in [3.8, 4) is 0 Å². The number of aromatic nitrogens is 2. The third-order valence-corrected chi connectivity index (χ3v) is 3.48. The Morgan fingerprint density at radius 2 is 2.10 bits per heavy atom. The predicted molar refractivity (Wildman–Crippen MR) is 79.5 cm³/mol. The maximum atomic E-state index is 11.3. The van der Waals surface area contributed by atoms with Crippen molar-refractivity contribution in [3.05, 3.63) is 41.6 Å². The Balaban J connectivity index is 2.21. The zero-order chi connectivity index (χ0) is 14.8. The van der Waals surface area contributed by atoms with E-state index in [0.717, 1.165) is 11.3 Å². The summed E-state index contributed by atoms with van der Waals surface area (Å²) in [4.78, 5) is 8.23. The Morgan fingerprint density at radius 1 is 1.35 bits per heavy atom. The number of hydrogen-bond donors (Lipinski definition) is 2. The van der Waals surface area contributed by atoms with Crippen LogP contribution in [0, 0.1) is 6.92 Å². The summed E-state index contributed by atoms with van der Waals surface area (Å²) in [6.45, 7) is 1.83. The Kier molecular flexibility index (Phi) is 3.89. The summed E-state index contributed by atoms with van der Waals surface area (Å²) in [5, 5.41) is 3.00. The smallest absolute Gasteiger partial charge is 0.229 e. The largest absolute Gasteiger partial charge is 0.383 e. The molecule has 0 radical (unpaired) electrons. The van der Waals surface area contributed by atoms with E-state index in [2.05, 4.69) is 15.3 Å². The van der Waals surface area contributed by atoms with Crippen molar-refractivity contribution in [1.29, 1.82) is 0 Å². The molecule has 0 aliphatic heterocycles. The van der Waals surface area contributed by atoms with Gasteiger partial charge in [-0.1, -0.05) is 12.1 Å². The summed E-state index contributed by atoms with van der Waals surface area (Å²) in [7, 11) is -3.06. The zero-order valence-corrected chi connectivity index (χ0v) is 12.1. The molecule has 2 rings (SSSR count). The van der Waals surface area contributed by atoms with Gasteiger partial charge >= 0.3 is 0 Å². The van der Waals surface area contributed by atoms with Crippen molar-refractivity contribution >= 4 is 27.3 Å². The molecule has 0 aliphatic carbocycles. The highest BCUT2D eigenvalue weighted by atomic mass is 32.2. The van der Waals surface area contributed by atoms with Gasteiger partial charge in [-0.25, -0.2) is 13.4 Å². The molecule has 0 saturated carbocycles. The Morgan fingerprint density at radius 3 is 2.75 bits per heavy atom.